The molecular weight excluding hydrogens is 560 g/mol. The number of amides is 2. The normalized spacial score (nSPS) is 12.4. The molecular formula is C34H48N4O4S. The van der Waals surface area contributed by atoms with Crippen molar-refractivity contribution >= 4 is 39.0 Å². The number of fused-ring (bicyclic) bond motifs is 1. The summed E-state index contributed by atoms with van der Waals surface area (Å²) >= 11 is 0. The van der Waals surface area contributed by atoms with Crippen LogP contribution in [-0.4, -0.2) is 60.2 Å². The maximum atomic E-state index is 13.2. The van der Waals surface area contributed by atoms with Gasteiger partial charge in [-0.15, -0.1) is 0 Å². The van der Waals surface area contributed by atoms with Crippen LogP contribution in [0, 0.1) is 0 Å². The topological polar surface area (TPSA) is 91.7 Å². The van der Waals surface area contributed by atoms with E-state index < -0.39 is 16.1 Å². The second-order valence-corrected chi connectivity index (χ2v) is 13.8. The van der Waals surface area contributed by atoms with Gasteiger partial charge in [0.15, 0.2) is 0 Å². The Hall–Kier alpha value is -3.43. The average molecular weight is 609 g/mol. The molecule has 0 unspecified atom stereocenters. The number of carbonyl (C=O) groups excluding carboxylic acids is 2. The van der Waals surface area contributed by atoms with Crippen LogP contribution in [0.25, 0.3) is 28.2 Å². The van der Waals surface area contributed by atoms with E-state index in [1.807, 2.05) is 70.0 Å². The SMILES string of the molecule is CCCC(CCC)c1c(-c2ccccc2/C=C/C(=O)N(C(C)C)C(C)C)n(C)c2cc(C(=O)NS(=O)(=O)N(C)C)ccc12. The number of rotatable bonds is 13. The summed E-state index contributed by atoms with van der Waals surface area (Å²) in [5.74, 6) is -0.422. The number of aryl methyl sites for hydroxylation is 1. The molecule has 3 rings (SSSR count). The number of nitrogens with one attached hydrogen (secondary N) is 1. The lowest BCUT2D eigenvalue weighted by Gasteiger charge is -2.29. The Morgan fingerprint density at radius 1 is 0.953 bits per heavy atom. The largest absolute Gasteiger partial charge is 0.343 e. The third kappa shape index (κ3) is 7.57. The molecule has 0 spiro atoms. The second-order valence-electron chi connectivity index (χ2n) is 11.9. The van der Waals surface area contributed by atoms with E-state index in [2.05, 4.69) is 29.2 Å². The quantitative estimate of drug-likeness (QED) is 0.218. The highest BCUT2D eigenvalue weighted by Crippen LogP contribution is 2.43. The predicted octanol–water partition coefficient (Wildman–Crippen LogP) is 6.72. The van der Waals surface area contributed by atoms with Crippen LogP contribution in [0.5, 0.6) is 0 Å². The van der Waals surface area contributed by atoms with Crippen molar-refractivity contribution in [3.63, 3.8) is 0 Å². The van der Waals surface area contributed by atoms with E-state index in [0.717, 1.165) is 57.7 Å². The Morgan fingerprint density at radius 2 is 1.56 bits per heavy atom. The van der Waals surface area contributed by atoms with Gasteiger partial charge in [-0.05, 0) is 75.8 Å². The molecule has 0 aliphatic carbocycles. The summed E-state index contributed by atoms with van der Waals surface area (Å²) in [6.45, 7) is 12.5. The summed E-state index contributed by atoms with van der Waals surface area (Å²) in [6.07, 6.45) is 7.63. The molecule has 2 aromatic carbocycles. The fourth-order valence-corrected chi connectivity index (χ4v) is 6.49. The molecule has 0 radical (unpaired) electrons. The van der Waals surface area contributed by atoms with Gasteiger partial charge in [-0.1, -0.05) is 57.0 Å². The van der Waals surface area contributed by atoms with Gasteiger partial charge < -0.3 is 9.47 Å². The van der Waals surface area contributed by atoms with Crippen LogP contribution in [0.1, 0.15) is 94.6 Å². The molecule has 3 aromatic rings. The first-order valence-corrected chi connectivity index (χ1v) is 16.7. The molecule has 0 atom stereocenters. The number of nitrogens with zero attached hydrogens (tertiary/aromatic N) is 3. The van der Waals surface area contributed by atoms with Crippen molar-refractivity contribution in [3.05, 3.63) is 65.2 Å². The lowest BCUT2D eigenvalue weighted by atomic mass is 9.86. The van der Waals surface area contributed by atoms with Crippen LogP contribution < -0.4 is 4.72 Å². The van der Waals surface area contributed by atoms with Gasteiger partial charge >= 0.3 is 10.2 Å². The Bertz CT molecular complexity index is 1570. The van der Waals surface area contributed by atoms with Crippen molar-refractivity contribution in [3.8, 4) is 11.3 Å². The molecule has 0 aliphatic heterocycles. The minimum atomic E-state index is -3.93. The minimum Gasteiger partial charge on any atom is -0.343 e. The zero-order chi connectivity index (χ0) is 32.1. The monoisotopic (exact) mass is 608 g/mol. The lowest BCUT2D eigenvalue weighted by Crippen LogP contribution is -2.41. The van der Waals surface area contributed by atoms with Crippen molar-refractivity contribution in [1.82, 2.24) is 18.5 Å². The number of aromatic nitrogens is 1. The fraction of sp³-hybridized carbons (Fsp3) is 0.471. The van der Waals surface area contributed by atoms with E-state index in [4.69, 9.17) is 0 Å². The summed E-state index contributed by atoms with van der Waals surface area (Å²) < 4.78 is 29.9. The van der Waals surface area contributed by atoms with Gasteiger partial charge in [-0.25, -0.2) is 4.72 Å². The molecule has 0 aliphatic rings. The zero-order valence-electron chi connectivity index (χ0n) is 27.1. The van der Waals surface area contributed by atoms with Crippen molar-refractivity contribution in [2.24, 2.45) is 7.05 Å². The molecule has 1 aromatic heterocycles. The molecule has 9 heteroatoms. The minimum absolute atomic E-state index is 0.0322. The number of carbonyl (C=O) groups is 2. The first-order valence-electron chi connectivity index (χ1n) is 15.2. The zero-order valence-corrected chi connectivity index (χ0v) is 28.0. The number of benzene rings is 2. The van der Waals surface area contributed by atoms with Crippen molar-refractivity contribution < 1.29 is 18.0 Å². The standard InChI is InChI=1S/C34H48N4O4S/c1-10-14-26(15-11-2)32-29-20-18-27(34(40)35-43(41,42)36(7)8)22-30(29)37(9)33(32)28-17-13-12-16-25(28)19-21-31(39)38(23(3)4)24(5)6/h12-13,16-24,26H,10-11,14-15H2,1-9H3,(H,35,40)/b21-19+. The molecule has 1 heterocycles. The summed E-state index contributed by atoms with van der Waals surface area (Å²) in [5.41, 5.74) is 5.29. The highest BCUT2D eigenvalue weighted by Gasteiger charge is 2.26. The maximum Gasteiger partial charge on any atom is 0.303 e. The first-order chi connectivity index (χ1) is 20.2. The highest BCUT2D eigenvalue weighted by atomic mass is 32.2. The van der Waals surface area contributed by atoms with Crippen LogP contribution in [0.3, 0.4) is 0 Å². The molecule has 0 fully saturated rings. The van der Waals surface area contributed by atoms with E-state index in [-0.39, 0.29) is 23.6 Å². The van der Waals surface area contributed by atoms with E-state index in [0.29, 0.717) is 5.92 Å². The first kappa shape index (κ1) is 34.1. The number of hydrogen-bond donors (Lipinski definition) is 1. The predicted molar refractivity (Wildman–Crippen MR) is 177 cm³/mol. The molecule has 0 saturated carbocycles. The van der Waals surface area contributed by atoms with Gasteiger partial charge in [-0.3, -0.25) is 9.59 Å². The summed E-state index contributed by atoms with van der Waals surface area (Å²) in [7, 11) is 0.802. The van der Waals surface area contributed by atoms with Crippen LogP contribution in [0.15, 0.2) is 48.5 Å². The fourth-order valence-electron chi connectivity index (χ4n) is 5.95. The summed E-state index contributed by atoms with van der Waals surface area (Å²) in [6, 6.07) is 13.7. The van der Waals surface area contributed by atoms with E-state index in [1.165, 1.54) is 19.7 Å². The van der Waals surface area contributed by atoms with Crippen LogP contribution in [0.4, 0.5) is 0 Å². The third-order valence-corrected chi connectivity index (χ3v) is 9.28. The molecule has 2 amide bonds. The third-order valence-electron chi connectivity index (χ3n) is 7.88. The number of hydrogen-bond acceptors (Lipinski definition) is 4. The van der Waals surface area contributed by atoms with Crippen LogP contribution in [-0.2, 0) is 22.1 Å². The average Bonchev–Trinajstić information content (AvgIpc) is 3.22. The molecule has 8 nitrogen and oxygen atoms in total. The summed E-state index contributed by atoms with van der Waals surface area (Å²) in [4.78, 5) is 28.1. The Kier molecular flexibility index (Phi) is 11.4. The Labute approximate surface area is 257 Å². The molecule has 0 bridgehead atoms. The Balaban J connectivity index is 2.25. The highest BCUT2D eigenvalue weighted by molar-refractivity contribution is 7.87. The van der Waals surface area contributed by atoms with Crippen LogP contribution in [0.2, 0.25) is 0 Å². The van der Waals surface area contributed by atoms with E-state index in [9.17, 15) is 18.0 Å². The van der Waals surface area contributed by atoms with Crippen molar-refractivity contribution in [2.75, 3.05) is 14.1 Å². The van der Waals surface area contributed by atoms with Gasteiger partial charge in [0.1, 0.15) is 0 Å². The van der Waals surface area contributed by atoms with Gasteiger partial charge in [0.05, 0.1) is 5.69 Å². The molecule has 43 heavy (non-hydrogen) atoms. The smallest absolute Gasteiger partial charge is 0.303 e. The van der Waals surface area contributed by atoms with E-state index in [1.54, 1.807) is 18.2 Å². The second kappa shape index (κ2) is 14.4. The van der Waals surface area contributed by atoms with E-state index >= 15 is 0 Å². The van der Waals surface area contributed by atoms with Gasteiger partial charge in [0, 0.05) is 61.3 Å². The lowest BCUT2D eigenvalue weighted by molar-refractivity contribution is -0.129. The maximum absolute atomic E-state index is 13.2. The Morgan fingerprint density at radius 3 is 2.12 bits per heavy atom. The van der Waals surface area contributed by atoms with Gasteiger partial charge in [-0.2, -0.15) is 12.7 Å². The molecule has 0 saturated heterocycles. The van der Waals surface area contributed by atoms with Gasteiger partial charge in [0.25, 0.3) is 5.91 Å². The van der Waals surface area contributed by atoms with Gasteiger partial charge in [0.2, 0.25) is 5.91 Å². The van der Waals surface area contributed by atoms with Crippen LogP contribution >= 0.6 is 0 Å². The molecule has 234 valence electrons. The molecule has 1 N–H and O–H groups in total. The van der Waals surface area contributed by atoms with Crippen molar-refractivity contribution in [2.45, 2.75) is 85.2 Å². The summed E-state index contributed by atoms with van der Waals surface area (Å²) in [5, 5.41) is 1.04. The van der Waals surface area contributed by atoms with Crippen molar-refractivity contribution in [1.29, 1.82) is 0 Å².